The predicted octanol–water partition coefficient (Wildman–Crippen LogP) is 3.65. The number of thiophene rings is 1. The van der Waals surface area contributed by atoms with Crippen molar-refractivity contribution in [3.8, 4) is 0 Å². The van der Waals surface area contributed by atoms with Gasteiger partial charge in [0.15, 0.2) is 0 Å². The Kier molecular flexibility index (Phi) is 4.11. The molecule has 18 heavy (non-hydrogen) atoms. The molecule has 96 valence electrons. The van der Waals surface area contributed by atoms with Gasteiger partial charge in [-0.1, -0.05) is 15.9 Å². The summed E-state index contributed by atoms with van der Waals surface area (Å²) in [6.45, 7) is 1.93. The highest BCUT2D eigenvalue weighted by Crippen LogP contribution is 2.32. The number of hydrazine groups is 1. The van der Waals surface area contributed by atoms with E-state index in [1.165, 1.54) is 23.5 Å². The largest absolute Gasteiger partial charge is 0.271 e. The zero-order valence-corrected chi connectivity index (χ0v) is 11.9. The SMILES string of the molecule is Cc1ccc(C(NN)c2c(F)cc(Br)cc2F)s1. The molecule has 0 radical (unpaired) electrons. The van der Waals surface area contributed by atoms with Gasteiger partial charge in [-0.2, -0.15) is 0 Å². The molecule has 0 aliphatic heterocycles. The minimum Gasteiger partial charge on any atom is -0.271 e. The molecule has 6 heteroatoms. The van der Waals surface area contributed by atoms with Crippen molar-refractivity contribution in [3.63, 3.8) is 0 Å². The number of nitrogens with one attached hydrogen (secondary N) is 1. The topological polar surface area (TPSA) is 38.0 Å². The molecule has 1 heterocycles. The van der Waals surface area contributed by atoms with Crippen LogP contribution in [-0.2, 0) is 0 Å². The lowest BCUT2D eigenvalue weighted by molar-refractivity contribution is 0.512. The molecule has 1 atom stereocenters. The van der Waals surface area contributed by atoms with Gasteiger partial charge >= 0.3 is 0 Å². The molecule has 0 bridgehead atoms. The molecule has 2 rings (SSSR count). The van der Waals surface area contributed by atoms with Gasteiger partial charge in [0.2, 0.25) is 0 Å². The van der Waals surface area contributed by atoms with Crippen LogP contribution in [0.15, 0.2) is 28.7 Å². The molecule has 3 N–H and O–H groups in total. The number of rotatable bonds is 3. The van der Waals surface area contributed by atoms with E-state index in [0.29, 0.717) is 4.47 Å². The van der Waals surface area contributed by atoms with Gasteiger partial charge in [0.05, 0.1) is 6.04 Å². The minimum absolute atomic E-state index is 0.0671. The second-order valence-electron chi connectivity index (χ2n) is 3.83. The molecule has 1 aromatic carbocycles. The molecule has 0 saturated heterocycles. The van der Waals surface area contributed by atoms with Gasteiger partial charge in [-0.25, -0.2) is 14.2 Å². The van der Waals surface area contributed by atoms with Crippen molar-refractivity contribution in [2.75, 3.05) is 0 Å². The summed E-state index contributed by atoms with van der Waals surface area (Å²) in [7, 11) is 0. The van der Waals surface area contributed by atoms with Crippen LogP contribution in [0.3, 0.4) is 0 Å². The van der Waals surface area contributed by atoms with E-state index in [1.807, 2.05) is 19.1 Å². The van der Waals surface area contributed by atoms with Crippen molar-refractivity contribution < 1.29 is 8.78 Å². The number of aryl methyl sites for hydroxylation is 1. The maximum absolute atomic E-state index is 13.9. The van der Waals surface area contributed by atoms with Crippen molar-refractivity contribution in [2.24, 2.45) is 5.84 Å². The molecule has 0 aliphatic rings. The van der Waals surface area contributed by atoms with Crippen LogP contribution in [0.25, 0.3) is 0 Å². The lowest BCUT2D eigenvalue weighted by atomic mass is 10.0. The van der Waals surface area contributed by atoms with Crippen LogP contribution in [0.5, 0.6) is 0 Å². The zero-order chi connectivity index (χ0) is 13.3. The van der Waals surface area contributed by atoms with Gasteiger partial charge in [-0.05, 0) is 31.2 Å². The fourth-order valence-corrected chi connectivity index (χ4v) is 3.10. The van der Waals surface area contributed by atoms with Crippen LogP contribution < -0.4 is 11.3 Å². The third-order valence-corrected chi connectivity index (χ3v) is 4.07. The number of benzene rings is 1. The third kappa shape index (κ3) is 2.61. The molecule has 0 spiro atoms. The number of nitrogens with two attached hydrogens (primary N) is 1. The highest BCUT2D eigenvalue weighted by Gasteiger charge is 2.22. The normalized spacial score (nSPS) is 12.7. The number of hydrogen-bond donors (Lipinski definition) is 2. The lowest BCUT2D eigenvalue weighted by Crippen LogP contribution is -2.29. The first-order valence-electron chi connectivity index (χ1n) is 5.20. The first kappa shape index (κ1) is 13.6. The maximum Gasteiger partial charge on any atom is 0.132 e. The molecule has 0 fully saturated rings. The van der Waals surface area contributed by atoms with E-state index in [9.17, 15) is 8.78 Å². The van der Waals surface area contributed by atoms with E-state index in [1.54, 1.807) is 0 Å². The summed E-state index contributed by atoms with van der Waals surface area (Å²) in [5.74, 6) is 4.18. The van der Waals surface area contributed by atoms with Gasteiger partial charge < -0.3 is 0 Å². The highest BCUT2D eigenvalue weighted by molar-refractivity contribution is 9.10. The van der Waals surface area contributed by atoms with Crippen LogP contribution in [0, 0.1) is 18.6 Å². The van der Waals surface area contributed by atoms with E-state index < -0.39 is 17.7 Å². The van der Waals surface area contributed by atoms with Gasteiger partial charge in [0.1, 0.15) is 11.6 Å². The summed E-state index contributed by atoms with van der Waals surface area (Å²) < 4.78 is 28.1. The van der Waals surface area contributed by atoms with Crippen LogP contribution >= 0.6 is 27.3 Å². The van der Waals surface area contributed by atoms with E-state index >= 15 is 0 Å². The molecule has 1 aromatic heterocycles. The Balaban J connectivity index is 2.51. The standard InChI is InChI=1S/C12H11BrF2N2S/c1-6-2-3-10(18-6)12(17-16)11-8(14)4-7(13)5-9(11)15/h2-5,12,17H,16H2,1H3. The monoisotopic (exact) mass is 332 g/mol. The predicted molar refractivity (Wildman–Crippen MR) is 72.3 cm³/mol. The average Bonchev–Trinajstić information content (AvgIpc) is 2.69. The fourth-order valence-electron chi connectivity index (χ4n) is 1.75. The molecular formula is C12H11BrF2N2S. The Hall–Kier alpha value is -0.820. The van der Waals surface area contributed by atoms with E-state index in [4.69, 9.17) is 5.84 Å². The number of halogens is 3. The number of hydrogen-bond acceptors (Lipinski definition) is 3. The molecule has 0 saturated carbocycles. The Bertz CT molecular complexity index is 548. The van der Waals surface area contributed by atoms with Crippen LogP contribution in [-0.4, -0.2) is 0 Å². The summed E-state index contributed by atoms with van der Waals surface area (Å²) in [5, 5.41) is 0. The van der Waals surface area contributed by atoms with Crippen molar-refractivity contribution in [3.05, 3.63) is 55.7 Å². The molecule has 2 nitrogen and oxygen atoms in total. The first-order valence-corrected chi connectivity index (χ1v) is 6.80. The zero-order valence-electron chi connectivity index (χ0n) is 9.51. The van der Waals surface area contributed by atoms with E-state index in [0.717, 1.165) is 9.75 Å². The second-order valence-corrected chi connectivity index (χ2v) is 6.07. The second kappa shape index (κ2) is 5.44. The molecule has 0 amide bonds. The minimum atomic E-state index is -0.684. The molecule has 0 aliphatic carbocycles. The average molecular weight is 333 g/mol. The van der Waals surface area contributed by atoms with E-state index in [2.05, 4.69) is 21.4 Å². The van der Waals surface area contributed by atoms with Gasteiger partial charge in [-0.15, -0.1) is 11.3 Å². The Morgan fingerprint density at radius 3 is 2.33 bits per heavy atom. The third-order valence-electron chi connectivity index (χ3n) is 2.54. The van der Waals surface area contributed by atoms with Gasteiger partial charge in [-0.3, -0.25) is 5.84 Å². The lowest BCUT2D eigenvalue weighted by Gasteiger charge is -2.16. The maximum atomic E-state index is 13.9. The molecular weight excluding hydrogens is 322 g/mol. The summed E-state index contributed by atoms with van der Waals surface area (Å²) in [4.78, 5) is 1.83. The summed E-state index contributed by atoms with van der Waals surface area (Å²) in [5.41, 5.74) is 2.40. The fraction of sp³-hybridized carbons (Fsp3) is 0.167. The van der Waals surface area contributed by atoms with Crippen LogP contribution in [0.2, 0.25) is 0 Å². The molecule has 1 unspecified atom stereocenters. The highest BCUT2D eigenvalue weighted by atomic mass is 79.9. The van der Waals surface area contributed by atoms with Crippen molar-refractivity contribution >= 4 is 27.3 Å². The van der Waals surface area contributed by atoms with Gasteiger partial charge in [0.25, 0.3) is 0 Å². The summed E-state index contributed by atoms with van der Waals surface area (Å²) in [6, 6.07) is 5.47. The first-order chi connectivity index (χ1) is 8.52. The smallest absolute Gasteiger partial charge is 0.132 e. The quantitative estimate of drug-likeness (QED) is 0.665. The van der Waals surface area contributed by atoms with Crippen molar-refractivity contribution in [1.82, 2.24) is 5.43 Å². The van der Waals surface area contributed by atoms with E-state index in [-0.39, 0.29) is 5.56 Å². The summed E-state index contributed by atoms with van der Waals surface area (Å²) in [6.07, 6.45) is 0. The Morgan fingerprint density at radius 1 is 1.28 bits per heavy atom. The van der Waals surface area contributed by atoms with Crippen LogP contribution in [0.1, 0.15) is 21.4 Å². The van der Waals surface area contributed by atoms with Gasteiger partial charge in [0, 0.05) is 19.8 Å². The van der Waals surface area contributed by atoms with Crippen LogP contribution in [0.4, 0.5) is 8.78 Å². The summed E-state index contributed by atoms with van der Waals surface area (Å²) >= 11 is 4.50. The van der Waals surface area contributed by atoms with Crippen molar-refractivity contribution in [2.45, 2.75) is 13.0 Å². The van der Waals surface area contributed by atoms with Crippen molar-refractivity contribution in [1.29, 1.82) is 0 Å². The Morgan fingerprint density at radius 2 is 1.89 bits per heavy atom. The Labute approximate surface area is 116 Å². The molecule has 2 aromatic rings.